The van der Waals surface area contributed by atoms with Gasteiger partial charge in [-0.2, -0.15) is 0 Å². The molecule has 0 bridgehead atoms. The number of benzene rings is 1. The minimum Gasteiger partial charge on any atom is -0.496 e. The summed E-state index contributed by atoms with van der Waals surface area (Å²) in [6.45, 7) is 1.89. The molecule has 2 rings (SSSR count). The van der Waals surface area contributed by atoms with Crippen LogP contribution in [0.4, 0.5) is 0 Å². The largest absolute Gasteiger partial charge is 0.496 e. The molecule has 0 radical (unpaired) electrons. The van der Waals surface area contributed by atoms with E-state index in [4.69, 9.17) is 4.74 Å². The van der Waals surface area contributed by atoms with Gasteiger partial charge in [-0.25, -0.2) is 4.98 Å². The van der Waals surface area contributed by atoms with Gasteiger partial charge in [0.25, 0.3) is 5.56 Å². The van der Waals surface area contributed by atoms with Crippen LogP contribution in [0.5, 0.6) is 5.75 Å². The fourth-order valence-electron chi connectivity index (χ4n) is 1.73. The number of hydrogen-bond acceptors (Lipinski definition) is 4. The number of ether oxygens (including phenoxy) is 1. The molecule has 0 spiro atoms. The van der Waals surface area contributed by atoms with Crippen molar-refractivity contribution in [2.75, 3.05) is 14.2 Å². The summed E-state index contributed by atoms with van der Waals surface area (Å²) in [5.74, 6) is 0.553. The van der Waals surface area contributed by atoms with Crippen molar-refractivity contribution in [1.29, 1.82) is 0 Å². The first-order valence-electron chi connectivity index (χ1n) is 5.40. The molecule has 0 saturated carbocycles. The Morgan fingerprint density at radius 1 is 1.47 bits per heavy atom. The van der Waals surface area contributed by atoms with Gasteiger partial charge in [0.2, 0.25) is 0 Å². The zero-order valence-corrected chi connectivity index (χ0v) is 10.1. The van der Waals surface area contributed by atoms with Crippen molar-refractivity contribution >= 4 is 10.9 Å². The highest BCUT2D eigenvalue weighted by molar-refractivity contribution is 5.83. The van der Waals surface area contributed by atoms with Gasteiger partial charge in [0.15, 0.2) is 0 Å². The standard InChI is InChI=1S/C12H15N3O2/c1-8(13-2)15-7-14-9-5-4-6-10(17-3)11(9)12(15)16/h4-8,13H,1-3H3. The van der Waals surface area contributed by atoms with Gasteiger partial charge in [-0.3, -0.25) is 9.36 Å². The van der Waals surface area contributed by atoms with Gasteiger partial charge in [-0.05, 0) is 26.1 Å². The lowest BCUT2D eigenvalue weighted by Crippen LogP contribution is -2.30. The molecule has 0 aliphatic rings. The molecule has 1 N–H and O–H groups in total. The lowest BCUT2D eigenvalue weighted by Gasteiger charge is -2.14. The first kappa shape index (κ1) is 11.6. The van der Waals surface area contributed by atoms with Crippen LogP contribution >= 0.6 is 0 Å². The van der Waals surface area contributed by atoms with Crippen LogP contribution in [0.3, 0.4) is 0 Å². The van der Waals surface area contributed by atoms with Gasteiger partial charge in [-0.15, -0.1) is 0 Å². The first-order chi connectivity index (χ1) is 8.19. The van der Waals surface area contributed by atoms with E-state index in [1.165, 1.54) is 0 Å². The number of nitrogens with one attached hydrogen (secondary N) is 1. The second-order valence-electron chi connectivity index (χ2n) is 3.78. The van der Waals surface area contributed by atoms with E-state index < -0.39 is 0 Å². The Balaban J connectivity index is 2.78. The minimum atomic E-state index is -0.107. The first-order valence-corrected chi connectivity index (χ1v) is 5.40. The van der Waals surface area contributed by atoms with Crippen molar-refractivity contribution < 1.29 is 4.74 Å². The quantitative estimate of drug-likeness (QED) is 0.863. The summed E-state index contributed by atoms with van der Waals surface area (Å²) in [5, 5.41) is 3.52. The SMILES string of the molecule is CNC(C)n1cnc2cccc(OC)c2c1=O. The van der Waals surface area contributed by atoms with Crippen LogP contribution in [0.2, 0.25) is 0 Å². The molecule has 5 heteroatoms. The van der Waals surface area contributed by atoms with E-state index >= 15 is 0 Å². The second-order valence-corrected chi connectivity index (χ2v) is 3.78. The average molecular weight is 233 g/mol. The second kappa shape index (κ2) is 4.55. The van der Waals surface area contributed by atoms with Crippen LogP contribution in [0.15, 0.2) is 29.3 Å². The Hall–Kier alpha value is -1.88. The lowest BCUT2D eigenvalue weighted by atomic mass is 10.2. The molecule has 1 unspecified atom stereocenters. The molecule has 0 saturated heterocycles. The van der Waals surface area contributed by atoms with E-state index in [0.29, 0.717) is 16.7 Å². The Labute approximate surface area is 99.0 Å². The third kappa shape index (κ3) is 1.89. The molecule has 1 aromatic heterocycles. The van der Waals surface area contributed by atoms with Crippen LogP contribution in [0.1, 0.15) is 13.1 Å². The molecule has 0 amide bonds. The smallest absolute Gasteiger partial charge is 0.266 e. The molecule has 1 heterocycles. The number of hydrogen-bond donors (Lipinski definition) is 1. The maximum absolute atomic E-state index is 12.3. The summed E-state index contributed by atoms with van der Waals surface area (Å²) in [5.41, 5.74) is 0.545. The van der Waals surface area contributed by atoms with Gasteiger partial charge in [0.05, 0.1) is 25.1 Å². The molecule has 90 valence electrons. The van der Waals surface area contributed by atoms with Crippen LogP contribution in [0, 0.1) is 0 Å². The van der Waals surface area contributed by atoms with Crippen LogP contribution in [-0.2, 0) is 0 Å². The average Bonchev–Trinajstić information content (AvgIpc) is 2.37. The Bertz CT molecular complexity index is 592. The number of methoxy groups -OCH3 is 1. The molecule has 0 aliphatic heterocycles. The van der Waals surface area contributed by atoms with Gasteiger partial charge in [-0.1, -0.05) is 6.07 Å². The number of fused-ring (bicyclic) bond motifs is 1. The molecule has 0 aliphatic carbocycles. The molecule has 1 aromatic carbocycles. The van der Waals surface area contributed by atoms with E-state index in [2.05, 4.69) is 10.3 Å². The Morgan fingerprint density at radius 2 is 2.24 bits per heavy atom. The third-order valence-corrected chi connectivity index (χ3v) is 2.83. The molecule has 5 nitrogen and oxygen atoms in total. The molecule has 0 fully saturated rings. The van der Waals surface area contributed by atoms with Crippen molar-refractivity contribution in [3.63, 3.8) is 0 Å². The molecule has 17 heavy (non-hydrogen) atoms. The number of nitrogens with zero attached hydrogens (tertiary/aromatic N) is 2. The highest BCUT2D eigenvalue weighted by atomic mass is 16.5. The number of rotatable bonds is 3. The highest BCUT2D eigenvalue weighted by Crippen LogP contribution is 2.20. The summed E-state index contributed by atoms with van der Waals surface area (Å²) in [4.78, 5) is 16.6. The van der Waals surface area contributed by atoms with E-state index in [0.717, 1.165) is 0 Å². The zero-order valence-electron chi connectivity index (χ0n) is 10.1. The van der Waals surface area contributed by atoms with E-state index in [1.807, 2.05) is 13.0 Å². The van der Waals surface area contributed by atoms with Crippen LogP contribution < -0.4 is 15.6 Å². The summed E-state index contributed by atoms with van der Waals surface area (Å²) in [6, 6.07) is 5.38. The topological polar surface area (TPSA) is 56.1 Å². The van der Waals surface area contributed by atoms with Crippen molar-refractivity contribution in [2.24, 2.45) is 0 Å². The van der Waals surface area contributed by atoms with Gasteiger partial charge in [0.1, 0.15) is 11.1 Å². The lowest BCUT2D eigenvalue weighted by molar-refractivity contribution is 0.417. The van der Waals surface area contributed by atoms with Gasteiger partial charge in [0, 0.05) is 0 Å². The normalized spacial score (nSPS) is 12.6. The molecule has 2 aromatic rings. The summed E-state index contributed by atoms with van der Waals surface area (Å²) >= 11 is 0. The van der Waals surface area contributed by atoms with Crippen molar-refractivity contribution in [1.82, 2.24) is 14.9 Å². The fraction of sp³-hybridized carbons (Fsp3) is 0.333. The van der Waals surface area contributed by atoms with Crippen LogP contribution in [0.25, 0.3) is 10.9 Å². The summed E-state index contributed by atoms with van der Waals surface area (Å²) < 4.78 is 6.75. The Kier molecular flexibility index (Phi) is 3.10. The molecule has 1 atom stereocenters. The summed E-state index contributed by atoms with van der Waals surface area (Å²) in [6.07, 6.45) is 1.44. The van der Waals surface area contributed by atoms with E-state index in [1.54, 1.807) is 37.2 Å². The Morgan fingerprint density at radius 3 is 2.88 bits per heavy atom. The molecular weight excluding hydrogens is 218 g/mol. The van der Waals surface area contributed by atoms with Gasteiger partial charge < -0.3 is 10.1 Å². The summed E-state index contributed by atoms with van der Waals surface area (Å²) in [7, 11) is 3.34. The van der Waals surface area contributed by atoms with Crippen molar-refractivity contribution in [2.45, 2.75) is 13.1 Å². The maximum atomic E-state index is 12.3. The minimum absolute atomic E-state index is 0.102. The van der Waals surface area contributed by atoms with Gasteiger partial charge >= 0.3 is 0 Å². The number of aromatic nitrogens is 2. The maximum Gasteiger partial charge on any atom is 0.266 e. The fourth-order valence-corrected chi connectivity index (χ4v) is 1.73. The van der Waals surface area contributed by atoms with Crippen molar-refractivity contribution in [3.05, 3.63) is 34.9 Å². The predicted molar refractivity (Wildman–Crippen MR) is 66.3 cm³/mol. The molecular formula is C12H15N3O2. The van der Waals surface area contributed by atoms with E-state index in [-0.39, 0.29) is 11.7 Å². The van der Waals surface area contributed by atoms with E-state index in [9.17, 15) is 4.79 Å². The third-order valence-electron chi connectivity index (χ3n) is 2.83. The van der Waals surface area contributed by atoms with Crippen molar-refractivity contribution in [3.8, 4) is 5.75 Å². The monoisotopic (exact) mass is 233 g/mol. The highest BCUT2D eigenvalue weighted by Gasteiger charge is 2.11. The van der Waals surface area contributed by atoms with Crippen LogP contribution in [-0.4, -0.2) is 23.7 Å². The predicted octanol–water partition coefficient (Wildman–Crippen LogP) is 1.14. The zero-order chi connectivity index (χ0) is 12.4.